The first-order valence-corrected chi connectivity index (χ1v) is 3.74. The molecule has 72 valence electrons. The lowest BCUT2D eigenvalue weighted by atomic mass is 10.3. The van der Waals surface area contributed by atoms with Crippen LogP contribution in [0.4, 0.5) is 0 Å². The third-order valence-corrected chi connectivity index (χ3v) is 1.12. The summed E-state index contributed by atoms with van der Waals surface area (Å²) >= 11 is 0. The summed E-state index contributed by atoms with van der Waals surface area (Å²) in [6, 6.07) is 6.15. The van der Waals surface area contributed by atoms with Gasteiger partial charge < -0.3 is 14.9 Å². The van der Waals surface area contributed by atoms with Gasteiger partial charge in [0.25, 0.3) is 6.47 Å². The highest BCUT2D eigenvalue weighted by molar-refractivity contribution is 5.36. The summed E-state index contributed by atoms with van der Waals surface area (Å²) < 4.78 is 4.15. The second-order valence-electron chi connectivity index (χ2n) is 2.04. The molecule has 1 aromatic carbocycles. The topological polar surface area (TPSA) is 66.8 Å². The molecule has 0 saturated heterocycles. The maximum absolute atomic E-state index is 9.18. The minimum atomic E-state index is -0.0764. The number of para-hydroxylation sites is 2. The summed E-state index contributed by atoms with van der Waals surface area (Å²) in [5.41, 5.74) is 0. The quantitative estimate of drug-likeness (QED) is 0.536. The zero-order valence-electron chi connectivity index (χ0n) is 7.30. The molecule has 0 aliphatic carbocycles. The molecule has 0 heterocycles. The van der Waals surface area contributed by atoms with E-state index in [2.05, 4.69) is 4.74 Å². The minimum absolute atomic E-state index is 0.0764. The summed E-state index contributed by atoms with van der Waals surface area (Å²) in [5, 5.41) is 17.3. The number of carbonyl (C=O) groups is 1. The first-order chi connectivity index (χ1) is 6.22. The van der Waals surface area contributed by atoms with Crippen molar-refractivity contribution in [2.45, 2.75) is 6.92 Å². The smallest absolute Gasteiger partial charge is 0.293 e. The number of hydrogen-bond donors (Lipinski definition) is 2. The zero-order valence-corrected chi connectivity index (χ0v) is 7.30. The van der Waals surface area contributed by atoms with Gasteiger partial charge in [-0.3, -0.25) is 4.79 Å². The molecule has 0 saturated carbocycles. The van der Waals surface area contributed by atoms with Crippen molar-refractivity contribution in [2.75, 3.05) is 6.61 Å². The van der Waals surface area contributed by atoms with Gasteiger partial charge in [-0.15, -0.1) is 0 Å². The number of benzene rings is 1. The standard InChI is InChI=1S/C6H6O2.C3H6O2/c7-5-3-1-2-4-6(5)8;1-2-5-3-4/h1-4,7-8H;3H,2H2,1H3. The van der Waals surface area contributed by atoms with Crippen molar-refractivity contribution in [2.24, 2.45) is 0 Å². The van der Waals surface area contributed by atoms with Gasteiger partial charge in [0.2, 0.25) is 0 Å². The fourth-order valence-corrected chi connectivity index (χ4v) is 0.532. The van der Waals surface area contributed by atoms with Gasteiger partial charge in [-0.2, -0.15) is 0 Å². The second kappa shape index (κ2) is 6.97. The van der Waals surface area contributed by atoms with Crippen molar-refractivity contribution in [3.63, 3.8) is 0 Å². The van der Waals surface area contributed by atoms with Crippen molar-refractivity contribution >= 4 is 6.47 Å². The summed E-state index contributed by atoms with van der Waals surface area (Å²) in [6.45, 7) is 2.66. The number of phenols is 2. The number of ether oxygens (including phenoxy) is 1. The fourth-order valence-electron chi connectivity index (χ4n) is 0.532. The lowest BCUT2D eigenvalue weighted by molar-refractivity contribution is -0.128. The third-order valence-electron chi connectivity index (χ3n) is 1.12. The van der Waals surface area contributed by atoms with Crippen LogP contribution in [-0.4, -0.2) is 23.3 Å². The molecule has 0 fully saturated rings. The van der Waals surface area contributed by atoms with E-state index in [1.165, 1.54) is 12.1 Å². The Morgan fingerprint density at radius 1 is 1.31 bits per heavy atom. The van der Waals surface area contributed by atoms with Crippen LogP contribution >= 0.6 is 0 Å². The summed E-state index contributed by atoms with van der Waals surface area (Å²) in [7, 11) is 0. The van der Waals surface area contributed by atoms with E-state index in [0.717, 1.165) is 0 Å². The largest absolute Gasteiger partial charge is 0.504 e. The molecule has 13 heavy (non-hydrogen) atoms. The molecule has 1 rings (SSSR count). The van der Waals surface area contributed by atoms with Crippen LogP contribution in [0.3, 0.4) is 0 Å². The van der Waals surface area contributed by atoms with Gasteiger partial charge in [-0.05, 0) is 19.1 Å². The molecule has 1 aromatic rings. The van der Waals surface area contributed by atoms with Crippen LogP contribution in [0, 0.1) is 0 Å². The minimum Gasteiger partial charge on any atom is -0.504 e. The third kappa shape index (κ3) is 5.55. The lowest BCUT2D eigenvalue weighted by Crippen LogP contribution is -1.80. The molecule has 0 bridgehead atoms. The Labute approximate surface area is 76.4 Å². The number of hydrogen-bond acceptors (Lipinski definition) is 4. The van der Waals surface area contributed by atoms with Crippen molar-refractivity contribution in [1.82, 2.24) is 0 Å². The van der Waals surface area contributed by atoms with Gasteiger partial charge >= 0.3 is 0 Å². The lowest BCUT2D eigenvalue weighted by Gasteiger charge is -1.91. The van der Waals surface area contributed by atoms with E-state index in [9.17, 15) is 4.79 Å². The van der Waals surface area contributed by atoms with E-state index >= 15 is 0 Å². The molecule has 0 spiro atoms. The molecular formula is C9H12O4. The molecule has 0 aliphatic rings. The summed E-state index contributed by atoms with van der Waals surface area (Å²) in [6.07, 6.45) is 0. The molecule has 4 heteroatoms. The summed E-state index contributed by atoms with van der Waals surface area (Å²) in [4.78, 5) is 9.18. The molecule has 0 aromatic heterocycles. The van der Waals surface area contributed by atoms with Crippen LogP contribution < -0.4 is 0 Å². The van der Waals surface area contributed by atoms with Gasteiger partial charge in [0.1, 0.15) is 0 Å². The van der Waals surface area contributed by atoms with Crippen LogP contribution in [0.2, 0.25) is 0 Å². The Kier molecular flexibility index (Phi) is 6.05. The number of aromatic hydroxyl groups is 2. The van der Waals surface area contributed by atoms with Gasteiger partial charge in [0.15, 0.2) is 11.5 Å². The molecular weight excluding hydrogens is 172 g/mol. The van der Waals surface area contributed by atoms with Crippen molar-refractivity contribution < 1.29 is 19.7 Å². The number of rotatable bonds is 2. The predicted molar refractivity (Wildman–Crippen MR) is 47.5 cm³/mol. The number of carbonyl (C=O) groups excluding carboxylic acids is 1. The van der Waals surface area contributed by atoms with Gasteiger partial charge in [0, 0.05) is 0 Å². The average Bonchev–Trinajstić information content (AvgIpc) is 2.13. The maximum Gasteiger partial charge on any atom is 0.293 e. The van der Waals surface area contributed by atoms with Crippen molar-refractivity contribution in [3.05, 3.63) is 24.3 Å². The van der Waals surface area contributed by atoms with Gasteiger partial charge in [-0.1, -0.05) is 12.1 Å². The molecule has 0 amide bonds. The molecule has 4 nitrogen and oxygen atoms in total. The molecule has 0 atom stereocenters. The van der Waals surface area contributed by atoms with E-state index in [4.69, 9.17) is 10.2 Å². The first-order valence-electron chi connectivity index (χ1n) is 3.74. The fraction of sp³-hybridized carbons (Fsp3) is 0.222. The van der Waals surface area contributed by atoms with E-state index < -0.39 is 0 Å². The molecule has 0 unspecified atom stereocenters. The first kappa shape index (κ1) is 11.3. The monoisotopic (exact) mass is 184 g/mol. The van der Waals surface area contributed by atoms with Crippen LogP contribution in [0.15, 0.2) is 24.3 Å². The SMILES string of the molecule is CCOC=O.Oc1ccccc1O. The van der Waals surface area contributed by atoms with Crippen LogP contribution in [0.1, 0.15) is 6.92 Å². The van der Waals surface area contributed by atoms with Crippen LogP contribution in [-0.2, 0) is 9.53 Å². The molecule has 2 N–H and O–H groups in total. The second-order valence-corrected chi connectivity index (χ2v) is 2.04. The highest BCUT2D eigenvalue weighted by Gasteiger charge is 1.90. The predicted octanol–water partition coefficient (Wildman–Crippen LogP) is 1.28. The van der Waals surface area contributed by atoms with E-state index in [-0.39, 0.29) is 11.5 Å². The molecule has 0 aliphatic heterocycles. The van der Waals surface area contributed by atoms with E-state index in [1.807, 2.05) is 0 Å². The van der Waals surface area contributed by atoms with E-state index in [1.54, 1.807) is 19.1 Å². The Morgan fingerprint density at radius 2 is 1.77 bits per heavy atom. The van der Waals surface area contributed by atoms with Gasteiger partial charge in [0.05, 0.1) is 6.61 Å². The van der Waals surface area contributed by atoms with Crippen molar-refractivity contribution in [3.8, 4) is 11.5 Å². The Balaban J connectivity index is 0.000000252. The summed E-state index contributed by atoms with van der Waals surface area (Å²) in [5.74, 6) is -0.153. The zero-order chi connectivity index (χ0) is 10.1. The van der Waals surface area contributed by atoms with E-state index in [0.29, 0.717) is 13.1 Å². The molecule has 0 radical (unpaired) electrons. The van der Waals surface area contributed by atoms with Crippen LogP contribution in [0.5, 0.6) is 11.5 Å². The normalized spacial score (nSPS) is 8.08. The Hall–Kier alpha value is -1.71. The Bertz CT molecular complexity index is 226. The maximum atomic E-state index is 9.18. The van der Waals surface area contributed by atoms with Crippen LogP contribution in [0.25, 0.3) is 0 Å². The Morgan fingerprint density at radius 3 is 1.92 bits per heavy atom. The highest BCUT2D eigenvalue weighted by Crippen LogP contribution is 2.21. The average molecular weight is 184 g/mol. The van der Waals surface area contributed by atoms with Crippen molar-refractivity contribution in [1.29, 1.82) is 0 Å². The highest BCUT2D eigenvalue weighted by atomic mass is 16.5. The van der Waals surface area contributed by atoms with Gasteiger partial charge in [-0.25, -0.2) is 0 Å². The number of phenolic OH excluding ortho intramolecular Hbond substituents is 2.